The van der Waals surface area contributed by atoms with Crippen LogP contribution in [-0.2, 0) is 17.6 Å². The molecule has 0 saturated heterocycles. The number of benzene rings is 1. The van der Waals surface area contributed by atoms with Crippen LogP contribution in [0.15, 0.2) is 18.2 Å². The van der Waals surface area contributed by atoms with Gasteiger partial charge in [0.05, 0.1) is 12.1 Å². The highest BCUT2D eigenvalue weighted by Crippen LogP contribution is 2.25. The van der Waals surface area contributed by atoms with Crippen molar-refractivity contribution in [2.24, 2.45) is 0 Å². The van der Waals surface area contributed by atoms with Crippen molar-refractivity contribution in [2.45, 2.75) is 38.1 Å². The number of fused-ring (bicyclic) bond motifs is 1. The first kappa shape index (κ1) is 15.0. The highest BCUT2D eigenvalue weighted by molar-refractivity contribution is 5.96. The number of hydrogen-bond donors (Lipinski definition) is 2. The molecule has 1 aromatic rings. The van der Waals surface area contributed by atoms with E-state index in [1.165, 1.54) is 11.1 Å². The lowest BCUT2D eigenvalue weighted by Gasteiger charge is -2.29. The van der Waals surface area contributed by atoms with E-state index < -0.39 is 5.54 Å². The SMILES string of the molecule is COC[C@@](C)(CCO)NC(=O)c1cccc2c1CCC2. The Morgan fingerprint density at radius 2 is 2.25 bits per heavy atom. The summed E-state index contributed by atoms with van der Waals surface area (Å²) < 4.78 is 5.16. The number of amides is 1. The molecule has 20 heavy (non-hydrogen) atoms. The molecule has 0 bridgehead atoms. The number of aliphatic hydroxyl groups is 1. The Kier molecular flexibility index (Phi) is 4.78. The molecule has 1 atom stereocenters. The summed E-state index contributed by atoms with van der Waals surface area (Å²) in [6.45, 7) is 2.30. The summed E-state index contributed by atoms with van der Waals surface area (Å²) in [5.74, 6) is -0.0725. The van der Waals surface area contributed by atoms with Crippen LogP contribution in [0.4, 0.5) is 0 Å². The van der Waals surface area contributed by atoms with Crippen LogP contribution in [0.25, 0.3) is 0 Å². The van der Waals surface area contributed by atoms with Gasteiger partial charge in [-0.25, -0.2) is 0 Å². The molecule has 1 amide bonds. The quantitative estimate of drug-likeness (QED) is 0.832. The van der Waals surface area contributed by atoms with Crippen molar-refractivity contribution in [3.8, 4) is 0 Å². The maximum Gasteiger partial charge on any atom is 0.252 e. The van der Waals surface area contributed by atoms with E-state index in [4.69, 9.17) is 9.84 Å². The number of carbonyl (C=O) groups excluding carboxylic acids is 1. The number of methoxy groups -OCH3 is 1. The molecule has 2 N–H and O–H groups in total. The monoisotopic (exact) mass is 277 g/mol. The summed E-state index contributed by atoms with van der Waals surface area (Å²) in [7, 11) is 1.60. The third kappa shape index (κ3) is 3.19. The van der Waals surface area contributed by atoms with E-state index in [-0.39, 0.29) is 12.5 Å². The zero-order chi connectivity index (χ0) is 14.6. The van der Waals surface area contributed by atoms with Crippen molar-refractivity contribution in [3.63, 3.8) is 0 Å². The summed E-state index contributed by atoms with van der Waals surface area (Å²) in [4.78, 5) is 12.5. The fourth-order valence-corrected chi connectivity index (χ4v) is 2.91. The van der Waals surface area contributed by atoms with E-state index >= 15 is 0 Å². The molecule has 0 fully saturated rings. The van der Waals surface area contributed by atoms with Gasteiger partial charge in [-0.1, -0.05) is 12.1 Å². The van der Waals surface area contributed by atoms with Gasteiger partial charge in [0.1, 0.15) is 0 Å². The predicted octanol–water partition coefficient (Wildman–Crippen LogP) is 1.69. The number of ether oxygens (including phenoxy) is 1. The highest BCUT2D eigenvalue weighted by Gasteiger charge is 2.28. The molecule has 0 radical (unpaired) electrons. The average molecular weight is 277 g/mol. The molecule has 0 unspecified atom stereocenters. The highest BCUT2D eigenvalue weighted by atomic mass is 16.5. The second kappa shape index (κ2) is 6.37. The summed E-state index contributed by atoms with van der Waals surface area (Å²) in [5.41, 5.74) is 2.68. The van der Waals surface area contributed by atoms with E-state index in [2.05, 4.69) is 11.4 Å². The first-order valence-corrected chi connectivity index (χ1v) is 7.13. The van der Waals surface area contributed by atoms with Gasteiger partial charge in [-0.3, -0.25) is 4.79 Å². The lowest BCUT2D eigenvalue weighted by Crippen LogP contribution is -2.50. The Bertz CT molecular complexity index is 479. The van der Waals surface area contributed by atoms with Crippen molar-refractivity contribution in [2.75, 3.05) is 20.3 Å². The van der Waals surface area contributed by atoms with Crippen molar-refractivity contribution < 1.29 is 14.6 Å². The van der Waals surface area contributed by atoms with Crippen LogP contribution in [0.5, 0.6) is 0 Å². The van der Waals surface area contributed by atoms with Gasteiger partial charge in [-0.15, -0.1) is 0 Å². The van der Waals surface area contributed by atoms with E-state index in [1.54, 1.807) is 7.11 Å². The minimum atomic E-state index is -0.540. The summed E-state index contributed by atoms with van der Waals surface area (Å²) in [6, 6.07) is 5.92. The molecule has 0 aliphatic heterocycles. The van der Waals surface area contributed by atoms with E-state index in [9.17, 15) is 4.79 Å². The Balaban J connectivity index is 2.17. The molecular formula is C16H23NO3. The standard InChI is InChI=1S/C16H23NO3/c1-16(9-10-18,11-20-2)17-15(19)14-8-4-6-12-5-3-7-13(12)14/h4,6,8,18H,3,5,7,9-11H2,1-2H3,(H,17,19)/t16-/m1/s1. The van der Waals surface area contributed by atoms with Gasteiger partial charge in [-0.05, 0) is 49.8 Å². The van der Waals surface area contributed by atoms with Crippen LogP contribution in [0.2, 0.25) is 0 Å². The maximum atomic E-state index is 12.5. The van der Waals surface area contributed by atoms with Gasteiger partial charge in [-0.2, -0.15) is 0 Å². The smallest absolute Gasteiger partial charge is 0.252 e. The molecule has 1 aliphatic rings. The fraction of sp³-hybridized carbons (Fsp3) is 0.562. The van der Waals surface area contributed by atoms with E-state index in [0.29, 0.717) is 13.0 Å². The molecule has 4 heteroatoms. The molecule has 110 valence electrons. The van der Waals surface area contributed by atoms with Gasteiger partial charge in [0.15, 0.2) is 0 Å². The van der Waals surface area contributed by atoms with Gasteiger partial charge in [0.25, 0.3) is 5.91 Å². The predicted molar refractivity (Wildman–Crippen MR) is 77.9 cm³/mol. The maximum absolute atomic E-state index is 12.5. The van der Waals surface area contributed by atoms with Crippen LogP contribution >= 0.6 is 0 Å². The Hall–Kier alpha value is -1.39. The van der Waals surface area contributed by atoms with Gasteiger partial charge in [0.2, 0.25) is 0 Å². The Morgan fingerprint density at radius 3 is 2.95 bits per heavy atom. The molecule has 1 aliphatic carbocycles. The molecule has 2 rings (SSSR count). The molecule has 0 saturated carbocycles. The van der Waals surface area contributed by atoms with Gasteiger partial charge >= 0.3 is 0 Å². The summed E-state index contributed by atoms with van der Waals surface area (Å²) in [6.07, 6.45) is 3.62. The number of carbonyl (C=O) groups is 1. The average Bonchev–Trinajstić information content (AvgIpc) is 2.86. The molecular weight excluding hydrogens is 254 g/mol. The Morgan fingerprint density at radius 1 is 1.45 bits per heavy atom. The third-order valence-corrected chi connectivity index (χ3v) is 3.93. The molecule has 4 nitrogen and oxygen atoms in total. The zero-order valence-corrected chi connectivity index (χ0v) is 12.2. The number of hydrogen-bond acceptors (Lipinski definition) is 3. The van der Waals surface area contributed by atoms with Crippen molar-refractivity contribution in [1.29, 1.82) is 0 Å². The third-order valence-electron chi connectivity index (χ3n) is 3.93. The molecule has 0 heterocycles. The zero-order valence-electron chi connectivity index (χ0n) is 12.2. The van der Waals surface area contributed by atoms with E-state index in [1.807, 2.05) is 19.1 Å². The lowest BCUT2D eigenvalue weighted by atomic mass is 9.97. The van der Waals surface area contributed by atoms with Crippen molar-refractivity contribution in [3.05, 3.63) is 34.9 Å². The summed E-state index contributed by atoms with van der Waals surface area (Å²) >= 11 is 0. The first-order valence-electron chi connectivity index (χ1n) is 7.13. The second-order valence-electron chi connectivity index (χ2n) is 5.72. The molecule has 1 aromatic carbocycles. The summed E-state index contributed by atoms with van der Waals surface area (Å²) in [5, 5.41) is 12.2. The Labute approximate surface area is 120 Å². The number of aliphatic hydroxyl groups excluding tert-OH is 1. The van der Waals surface area contributed by atoms with Crippen LogP contribution in [0.1, 0.15) is 41.3 Å². The number of rotatable bonds is 6. The molecule has 0 aromatic heterocycles. The minimum absolute atomic E-state index is 0.0209. The number of nitrogens with one attached hydrogen (secondary N) is 1. The normalized spacial score (nSPS) is 16.6. The van der Waals surface area contributed by atoms with Crippen molar-refractivity contribution in [1.82, 2.24) is 5.32 Å². The second-order valence-corrected chi connectivity index (χ2v) is 5.72. The number of aryl methyl sites for hydroxylation is 1. The van der Waals surface area contributed by atoms with Crippen LogP contribution < -0.4 is 5.32 Å². The van der Waals surface area contributed by atoms with Crippen LogP contribution in [0.3, 0.4) is 0 Å². The van der Waals surface area contributed by atoms with Gasteiger partial charge in [0, 0.05) is 19.3 Å². The minimum Gasteiger partial charge on any atom is -0.396 e. The van der Waals surface area contributed by atoms with Gasteiger partial charge < -0.3 is 15.2 Å². The van der Waals surface area contributed by atoms with Crippen LogP contribution in [-0.4, -0.2) is 36.9 Å². The fourth-order valence-electron chi connectivity index (χ4n) is 2.91. The van der Waals surface area contributed by atoms with E-state index in [0.717, 1.165) is 24.8 Å². The molecule has 0 spiro atoms. The first-order chi connectivity index (χ1) is 9.59. The van der Waals surface area contributed by atoms with Crippen LogP contribution in [0, 0.1) is 0 Å². The lowest BCUT2D eigenvalue weighted by molar-refractivity contribution is 0.0725. The van der Waals surface area contributed by atoms with Crippen molar-refractivity contribution >= 4 is 5.91 Å². The largest absolute Gasteiger partial charge is 0.396 e. The topological polar surface area (TPSA) is 58.6 Å².